The highest BCUT2D eigenvalue weighted by atomic mass is 32.1. The molecular formula is C14H16FN3S. The van der Waals surface area contributed by atoms with Crippen LogP contribution in [0.1, 0.15) is 5.01 Å². The quantitative estimate of drug-likeness (QED) is 0.933. The van der Waals surface area contributed by atoms with Gasteiger partial charge in [0, 0.05) is 37.1 Å². The molecule has 0 aliphatic carbocycles. The summed E-state index contributed by atoms with van der Waals surface area (Å²) in [7, 11) is 0. The van der Waals surface area contributed by atoms with Gasteiger partial charge in [-0.05, 0) is 12.1 Å². The lowest BCUT2D eigenvalue weighted by Gasteiger charge is -2.26. The highest BCUT2D eigenvalue weighted by molar-refractivity contribution is 7.09. The van der Waals surface area contributed by atoms with E-state index < -0.39 is 0 Å². The number of thiazole rings is 1. The molecule has 0 saturated carbocycles. The number of halogens is 1. The molecule has 1 aliphatic heterocycles. The Morgan fingerprint density at radius 1 is 1.32 bits per heavy atom. The van der Waals surface area contributed by atoms with Crippen LogP contribution in [-0.4, -0.2) is 36.1 Å². The summed E-state index contributed by atoms with van der Waals surface area (Å²) >= 11 is 1.65. The number of nitrogens with zero attached hydrogens (tertiary/aromatic N) is 2. The average molecular weight is 277 g/mol. The first-order chi connectivity index (χ1) is 9.31. The van der Waals surface area contributed by atoms with Crippen molar-refractivity contribution in [3.8, 4) is 11.3 Å². The third-order valence-electron chi connectivity index (χ3n) is 3.24. The Kier molecular flexibility index (Phi) is 3.87. The number of hydrogen-bond acceptors (Lipinski definition) is 4. The fourth-order valence-electron chi connectivity index (χ4n) is 2.22. The van der Waals surface area contributed by atoms with E-state index in [4.69, 9.17) is 0 Å². The lowest BCUT2D eigenvalue weighted by atomic mass is 10.2. The van der Waals surface area contributed by atoms with E-state index >= 15 is 0 Å². The van der Waals surface area contributed by atoms with Crippen molar-refractivity contribution in [3.63, 3.8) is 0 Å². The van der Waals surface area contributed by atoms with Gasteiger partial charge in [-0.25, -0.2) is 9.37 Å². The first-order valence-electron chi connectivity index (χ1n) is 6.45. The van der Waals surface area contributed by atoms with E-state index in [1.54, 1.807) is 17.4 Å². The van der Waals surface area contributed by atoms with Crippen molar-refractivity contribution < 1.29 is 4.39 Å². The molecule has 100 valence electrons. The van der Waals surface area contributed by atoms with E-state index in [1.807, 2.05) is 11.4 Å². The Labute approximate surface area is 116 Å². The topological polar surface area (TPSA) is 28.2 Å². The second kappa shape index (κ2) is 5.77. The lowest BCUT2D eigenvalue weighted by Crippen LogP contribution is -2.42. The van der Waals surface area contributed by atoms with Gasteiger partial charge in [-0.1, -0.05) is 12.1 Å². The molecule has 1 aromatic carbocycles. The molecule has 5 heteroatoms. The maximum atomic E-state index is 13.2. The molecule has 19 heavy (non-hydrogen) atoms. The van der Waals surface area contributed by atoms with Gasteiger partial charge in [-0.15, -0.1) is 11.3 Å². The molecule has 0 unspecified atom stereocenters. The molecule has 0 spiro atoms. The number of nitrogens with one attached hydrogen (secondary N) is 1. The summed E-state index contributed by atoms with van der Waals surface area (Å²) in [4.78, 5) is 7.00. The Morgan fingerprint density at radius 2 is 2.16 bits per heavy atom. The highest BCUT2D eigenvalue weighted by Crippen LogP contribution is 2.23. The average Bonchev–Trinajstić information content (AvgIpc) is 2.88. The molecule has 1 aromatic heterocycles. The van der Waals surface area contributed by atoms with Crippen molar-refractivity contribution in [1.29, 1.82) is 0 Å². The minimum Gasteiger partial charge on any atom is -0.314 e. The summed E-state index contributed by atoms with van der Waals surface area (Å²) in [5.74, 6) is -0.214. The molecule has 1 saturated heterocycles. The van der Waals surface area contributed by atoms with E-state index in [1.165, 1.54) is 12.1 Å². The fraction of sp³-hybridized carbons (Fsp3) is 0.357. The summed E-state index contributed by atoms with van der Waals surface area (Å²) in [6.07, 6.45) is 0. The zero-order valence-corrected chi connectivity index (χ0v) is 11.4. The van der Waals surface area contributed by atoms with Crippen LogP contribution in [0, 0.1) is 5.82 Å². The van der Waals surface area contributed by atoms with Gasteiger partial charge in [0.25, 0.3) is 0 Å². The monoisotopic (exact) mass is 277 g/mol. The van der Waals surface area contributed by atoms with Gasteiger partial charge in [0.2, 0.25) is 0 Å². The number of hydrogen-bond donors (Lipinski definition) is 1. The second-order valence-electron chi connectivity index (χ2n) is 4.66. The van der Waals surface area contributed by atoms with E-state index in [2.05, 4.69) is 15.2 Å². The van der Waals surface area contributed by atoms with Gasteiger partial charge < -0.3 is 5.32 Å². The number of rotatable bonds is 3. The molecule has 0 bridgehead atoms. The predicted octanol–water partition coefficient (Wildman–Crippen LogP) is 2.35. The molecular weight excluding hydrogens is 261 g/mol. The maximum absolute atomic E-state index is 13.2. The smallest absolute Gasteiger partial charge is 0.123 e. The van der Waals surface area contributed by atoms with Crippen LogP contribution < -0.4 is 5.32 Å². The molecule has 0 atom stereocenters. The van der Waals surface area contributed by atoms with Crippen molar-refractivity contribution >= 4 is 11.3 Å². The maximum Gasteiger partial charge on any atom is 0.123 e. The number of aromatic nitrogens is 1. The Balaban J connectivity index is 1.72. The van der Waals surface area contributed by atoms with Gasteiger partial charge in [0.05, 0.1) is 12.2 Å². The van der Waals surface area contributed by atoms with Crippen LogP contribution in [0.25, 0.3) is 11.3 Å². The van der Waals surface area contributed by atoms with Crippen molar-refractivity contribution in [2.75, 3.05) is 26.2 Å². The largest absolute Gasteiger partial charge is 0.314 e. The molecule has 0 radical (unpaired) electrons. The summed E-state index contributed by atoms with van der Waals surface area (Å²) in [6.45, 7) is 5.11. The van der Waals surface area contributed by atoms with Gasteiger partial charge >= 0.3 is 0 Å². The Bertz CT molecular complexity index is 549. The zero-order valence-electron chi connectivity index (χ0n) is 10.6. The molecule has 1 aliphatic rings. The van der Waals surface area contributed by atoms with Gasteiger partial charge in [-0.3, -0.25) is 4.90 Å². The molecule has 2 aromatic rings. The van der Waals surface area contributed by atoms with Crippen LogP contribution in [-0.2, 0) is 6.54 Å². The standard InChI is InChI=1S/C14H16FN3S/c15-12-3-1-2-11(8-12)13-10-19-14(17-13)9-18-6-4-16-5-7-18/h1-3,8,10,16H,4-7,9H2. The van der Waals surface area contributed by atoms with Gasteiger partial charge in [0.1, 0.15) is 10.8 Å². The molecule has 1 N–H and O–H groups in total. The minimum absolute atomic E-state index is 0.214. The summed E-state index contributed by atoms with van der Waals surface area (Å²) in [5.41, 5.74) is 1.72. The molecule has 2 heterocycles. The van der Waals surface area contributed by atoms with Crippen LogP contribution in [0.2, 0.25) is 0 Å². The lowest BCUT2D eigenvalue weighted by molar-refractivity contribution is 0.233. The number of benzene rings is 1. The van der Waals surface area contributed by atoms with Crippen LogP contribution in [0.15, 0.2) is 29.6 Å². The number of piperazine rings is 1. The van der Waals surface area contributed by atoms with E-state index in [0.29, 0.717) is 0 Å². The highest BCUT2D eigenvalue weighted by Gasteiger charge is 2.12. The SMILES string of the molecule is Fc1cccc(-c2csc(CN3CCNCC3)n2)c1. The van der Waals surface area contributed by atoms with E-state index in [0.717, 1.165) is 49.0 Å². The summed E-state index contributed by atoms with van der Waals surface area (Å²) in [5, 5.41) is 6.44. The van der Waals surface area contributed by atoms with Crippen LogP contribution in [0.3, 0.4) is 0 Å². The van der Waals surface area contributed by atoms with E-state index in [9.17, 15) is 4.39 Å². The van der Waals surface area contributed by atoms with Crippen LogP contribution in [0.5, 0.6) is 0 Å². The fourth-order valence-corrected chi connectivity index (χ4v) is 3.07. The third kappa shape index (κ3) is 3.18. The molecule has 3 nitrogen and oxygen atoms in total. The minimum atomic E-state index is -0.214. The van der Waals surface area contributed by atoms with Crippen molar-refractivity contribution in [3.05, 3.63) is 40.5 Å². The predicted molar refractivity (Wildman–Crippen MR) is 75.7 cm³/mol. The van der Waals surface area contributed by atoms with Gasteiger partial charge in [-0.2, -0.15) is 0 Å². The van der Waals surface area contributed by atoms with Crippen LogP contribution >= 0.6 is 11.3 Å². The first-order valence-corrected chi connectivity index (χ1v) is 7.33. The molecule has 0 amide bonds. The van der Waals surface area contributed by atoms with Crippen LogP contribution in [0.4, 0.5) is 4.39 Å². The van der Waals surface area contributed by atoms with E-state index in [-0.39, 0.29) is 5.82 Å². The normalized spacial score (nSPS) is 16.7. The zero-order chi connectivity index (χ0) is 13.1. The first kappa shape index (κ1) is 12.7. The molecule has 3 rings (SSSR count). The van der Waals surface area contributed by atoms with Gasteiger partial charge in [0.15, 0.2) is 0 Å². The second-order valence-corrected chi connectivity index (χ2v) is 5.61. The molecule has 1 fully saturated rings. The van der Waals surface area contributed by atoms with Crippen molar-refractivity contribution in [2.24, 2.45) is 0 Å². The summed E-state index contributed by atoms with van der Waals surface area (Å²) < 4.78 is 13.2. The van der Waals surface area contributed by atoms with Crippen molar-refractivity contribution in [1.82, 2.24) is 15.2 Å². The van der Waals surface area contributed by atoms with Crippen molar-refractivity contribution in [2.45, 2.75) is 6.54 Å². The summed E-state index contributed by atoms with van der Waals surface area (Å²) in [6, 6.07) is 6.61. The Morgan fingerprint density at radius 3 is 2.95 bits per heavy atom. The third-order valence-corrected chi connectivity index (χ3v) is 4.07. The Hall–Kier alpha value is -1.30.